The van der Waals surface area contributed by atoms with Gasteiger partial charge in [0.25, 0.3) is 0 Å². The molecule has 4 aliphatic rings. The van der Waals surface area contributed by atoms with Crippen molar-refractivity contribution >= 4 is 0 Å². The molecule has 1 aromatic rings. The molecule has 1 N–H and O–H groups in total. The number of nitrogens with zero attached hydrogens (tertiary/aromatic N) is 2. The van der Waals surface area contributed by atoms with Gasteiger partial charge in [-0.3, -0.25) is 0 Å². The second kappa shape index (κ2) is 6.07. The van der Waals surface area contributed by atoms with Gasteiger partial charge in [0.05, 0.1) is 6.04 Å². The fraction of sp³-hybridized carbons (Fsp3) is 0.727. The molecule has 3 aliphatic carbocycles. The molecule has 1 aliphatic heterocycles. The number of hydrogen-bond acceptors (Lipinski definition) is 3. The molecule has 2 saturated carbocycles. The van der Waals surface area contributed by atoms with E-state index >= 15 is 0 Å². The van der Waals surface area contributed by atoms with E-state index in [9.17, 15) is 5.21 Å². The summed E-state index contributed by atoms with van der Waals surface area (Å²) >= 11 is 0. The molecule has 1 saturated heterocycles. The first-order valence-corrected chi connectivity index (χ1v) is 10.4. The molecule has 1 aromatic carbocycles. The average molecular weight is 341 g/mol. The molecule has 25 heavy (non-hydrogen) atoms. The number of hydrogen-bond donors (Lipinski definition) is 1. The third-order valence-corrected chi connectivity index (χ3v) is 8.12. The van der Waals surface area contributed by atoms with Gasteiger partial charge in [0.2, 0.25) is 0 Å². The van der Waals surface area contributed by atoms with Crippen molar-refractivity contribution in [2.45, 2.75) is 56.4 Å². The Labute approximate surface area is 152 Å². The van der Waals surface area contributed by atoms with Crippen LogP contribution in [0.4, 0.5) is 0 Å². The third kappa shape index (κ3) is 2.67. The maximum Gasteiger partial charge on any atom is 0.0607 e. The molecule has 3 fully saturated rings. The van der Waals surface area contributed by atoms with Crippen LogP contribution in [0.3, 0.4) is 0 Å². The maximum absolute atomic E-state index is 10.1. The van der Waals surface area contributed by atoms with Crippen molar-refractivity contribution in [3.8, 4) is 0 Å². The molecule has 3 nitrogen and oxygen atoms in total. The van der Waals surface area contributed by atoms with Crippen molar-refractivity contribution in [2.24, 2.45) is 17.8 Å². The van der Waals surface area contributed by atoms with E-state index in [1.807, 2.05) is 7.05 Å². The number of piperidine rings is 1. The smallest absolute Gasteiger partial charge is 0.0607 e. The Hall–Kier alpha value is -0.900. The Morgan fingerprint density at radius 2 is 1.96 bits per heavy atom. The van der Waals surface area contributed by atoms with E-state index in [-0.39, 0.29) is 6.04 Å². The quantitative estimate of drug-likeness (QED) is 0.835. The molecule has 0 amide bonds. The summed E-state index contributed by atoms with van der Waals surface area (Å²) in [5.74, 6) is 3.09. The fourth-order valence-electron chi connectivity index (χ4n) is 6.76. The summed E-state index contributed by atoms with van der Waals surface area (Å²) in [6.07, 6.45) is 9.65. The zero-order valence-electron chi connectivity index (χ0n) is 15.5. The lowest BCUT2D eigenvalue weighted by molar-refractivity contribution is -0.108. The number of benzene rings is 1. The molecule has 1 heterocycles. The Kier molecular flexibility index (Phi) is 3.96. The highest BCUT2D eigenvalue weighted by atomic mass is 16.5. The van der Waals surface area contributed by atoms with E-state index in [1.54, 1.807) is 0 Å². The Morgan fingerprint density at radius 1 is 1.16 bits per heavy atom. The lowest BCUT2D eigenvalue weighted by atomic mass is 9.73. The second-order valence-corrected chi connectivity index (χ2v) is 9.40. The van der Waals surface area contributed by atoms with E-state index in [4.69, 9.17) is 0 Å². The number of hydroxylamine groups is 2. The van der Waals surface area contributed by atoms with Crippen LogP contribution in [-0.2, 0) is 5.41 Å². The maximum atomic E-state index is 10.1. The highest BCUT2D eigenvalue weighted by Gasteiger charge is 2.47. The first-order valence-electron chi connectivity index (χ1n) is 10.4. The van der Waals surface area contributed by atoms with Crippen LogP contribution in [0.2, 0.25) is 0 Å². The molecular formula is C22H32N2O. The summed E-state index contributed by atoms with van der Waals surface area (Å²) in [6.45, 7) is 3.83. The van der Waals surface area contributed by atoms with Crippen LogP contribution in [-0.4, -0.2) is 41.9 Å². The van der Waals surface area contributed by atoms with E-state index < -0.39 is 0 Å². The normalized spacial score (nSPS) is 36.4. The van der Waals surface area contributed by atoms with Gasteiger partial charge < -0.3 is 10.1 Å². The van der Waals surface area contributed by atoms with Gasteiger partial charge in [-0.15, -0.1) is 0 Å². The molecule has 1 spiro atoms. The van der Waals surface area contributed by atoms with Crippen LogP contribution in [0.15, 0.2) is 24.3 Å². The monoisotopic (exact) mass is 340 g/mol. The van der Waals surface area contributed by atoms with E-state index in [0.717, 1.165) is 24.2 Å². The van der Waals surface area contributed by atoms with Crippen LogP contribution in [0.1, 0.15) is 62.1 Å². The summed E-state index contributed by atoms with van der Waals surface area (Å²) < 4.78 is 0. The van der Waals surface area contributed by atoms with Gasteiger partial charge in [0.15, 0.2) is 0 Å². The first kappa shape index (κ1) is 16.3. The number of likely N-dealkylation sites (tertiary alicyclic amines) is 1. The SMILES string of the molecule is CN(O)[C@H]1CC2(CCN(C[C@H]3C[C@H]4CCC3C4)CC2)c2ccccc21. The van der Waals surface area contributed by atoms with E-state index in [2.05, 4.69) is 29.2 Å². The summed E-state index contributed by atoms with van der Waals surface area (Å²) in [7, 11) is 1.81. The predicted molar refractivity (Wildman–Crippen MR) is 99.6 cm³/mol. The summed E-state index contributed by atoms with van der Waals surface area (Å²) in [5, 5.41) is 11.6. The largest absolute Gasteiger partial charge is 0.314 e. The first-order chi connectivity index (χ1) is 12.1. The van der Waals surface area contributed by atoms with Gasteiger partial charge in [-0.2, -0.15) is 5.06 Å². The fourth-order valence-corrected chi connectivity index (χ4v) is 6.76. The van der Waals surface area contributed by atoms with Crippen molar-refractivity contribution in [3.63, 3.8) is 0 Å². The van der Waals surface area contributed by atoms with Crippen molar-refractivity contribution in [3.05, 3.63) is 35.4 Å². The lowest BCUT2D eigenvalue weighted by Gasteiger charge is -2.42. The van der Waals surface area contributed by atoms with Gasteiger partial charge in [-0.25, -0.2) is 0 Å². The van der Waals surface area contributed by atoms with Crippen molar-refractivity contribution in [1.29, 1.82) is 0 Å². The molecule has 1 unspecified atom stereocenters. The molecule has 0 aromatic heterocycles. The summed E-state index contributed by atoms with van der Waals surface area (Å²) in [6, 6.07) is 9.03. The molecule has 0 radical (unpaired) electrons. The Morgan fingerprint density at radius 3 is 2.64 bits per heavy atom. The topological polar surface area (TPSA) is 26.7 Å². The van der Waals surface area contributed by atoms with Crippen molar-refractivity contribution in [1.82, 2.24) is 9.96 Å². The number of fused-ring (bicyclic) bond motifs is 4. The standard InChI is InChI=1S/C22H32N2O/c1-23(25)21-14-22(20-5-3-2-4-19(20)21)8-10-24(11-9-22)15-18-13-16-6-7-17(18)12-16/h2-5,16-18,21,25H,6-15H2,1H3/t16-,17?,18+,21-/m0/s1. The molecular weight excluding hydrogens is 308 g/mol. The lowest BCUT2D eigenvalue weighted by Crippen LogP contribution is -2.44. The van der Waals surface area contributed by atoms with Crippen molar-refractivity contribution in [2.75, 3.05) is 26.7 Å². The minimum Gasteiger partial charge on any atom is -0.314 e. The molecule has 2 bridgehead atoms. The van der Waals surface area contributed by atoms with Gasteiger partial charge in [0.1, 0.15) is 0 Å². The summed E-state index contributed by atoms with van der Waals surface area (Å²) in [4.78, 5) is 2.76. The zero-order chi connectivity index (χ0) is 17.0. The summed E-state index contributed by atoms with van der Waals surface area (Å²) in [5.41, 5.74) is 3.17. The molecule has 136 valence electrons. The highest BCUT2D eigenvalue weighted by Crippen LogP contribution is 2.53. The zero-order valence-corrected chi connectivity index (χ0v) is 15.5. The van der Waals surface area contributed by atoms with Gasteiger partial charge in [-0.1, -0.05) is 30.7 Å². The molecule has 4 atom stereocenters. The highest BCUT2D eigenvalue weighted by molar-refractivity contribution is 5.42. The van der Waals surface area contributed by atoms with Crippen LogP contribution >= 0.6 is 0 Å². The average Bonchev–Trinajstić information content (AvgIpc) is 3.31. The van der Waals surface area contributed by atoms with Gasteiger partial charge in [0, 0.05) is 13.6 Å². The molecule has 3 heteroatoms. The van der Waals surface area contributed by atoms with Crippen LogP contribution < -0.4 is 0 Å². The van der Waals surface area contributed by atoms with Gasteiger partial charge >= 0.3 is 0 Å². The Bertz CT molecular complexity index is 635. The van der Waals surface area contributed by atoms with Gasteiger partial charge in [-0.05, 0) is 85.9 Å². The van der Waals surface area contributed by atoms with E-state index in [1.165, 1.54) is 74.3 Å². The van der Waals surface area contributed by atoms with E-state index in [0.29, 0.717) is 5.41 Å². The van der Waals surface area contributed by atoms with Crippen LogP contribution in [0.5, 0.6) is 0 Å². The third-order valence-electron chi connectivity index (χ3n) is 8.12. The minimum atomic E-state index is 0.174. The minimum absolute atomic E-state index is 0.174. The van der Waals surface area contributed by atoms with Crippen LogP contribution in [0, 0.1) is 17.8 Å². The molecule has 5 rings (SSSR count). The number of rotatable bonds is 3. The van der Waals surface area contributed by atoms with Crippen LogP contribution in [0.25, 0.3) is 0 Å². The van der Waals surface area contributed by atoms with Crippen molar-refractivity contribution < 1.29 is 5.21 Å². The predicted octanol–water partition coefficient (Wildman–Crippen LogP) is 4.22. The Balaban J connectivity index is 1.28. The second-order valence-electron chi connectivity index (χ2n) is 9.40.